The molecule has 2 fully saturated rings. The predicted molar refractivity (Wildman–Crippen MR) is 130 cm³/mol. The first kappa shape index (κ1) is 22.9. The lowest BCUT2D eigenvalue weighted by Crippen LogP contribution is -2.41. The molecule has 4 heterocycles. The second kappa shape index (κ2) is 9.07. The fourth-order valence-electron chi connectivity index (χ4n) is 5.17. The Kier molecular flexibility index (Phi) is 6.11. The lowest BCUT2D eigenvalue weighted by Gasteiger charge is -2.25. The van der Waals surface area contributed by atoms with Crippen molar-refractivity contribution in [1.82, 2.24) is 14.8 Å². The van der Waals surface area contributed by atoms with Gasteiger partial charge in [-0.05, 0) is 49.4 Å². The zero-order chi connectivity index (χ0) is 23.9. The SMILES string of the molecule is COC(=O)N1CCC2(C1)CN(C(=O)Nc1ncc(C(=O)N3CCCCC3)s1)c1ccc(Cl)cc12. The number of rotatable bonds is 2. The van der Waals surface area contributed by atoms with E-state index in [1.165, 1.54) is 24.6 Å². The van der Waals surface area contributed by atoms with Gasteiger partial charge in [-0.15, -0.1) is 0 Å². The molecule has 0 aliphatic carbocycles. The van der Waals surface area contributed by atoms with Crippen molar-refractivity contribution in [2.24, 2.45) is 0 Å². The molecule has 0 radical (unpaired) electrons. The first-order valence-corrected chi connectivity index (χ1v) is 12.6. The number of carbonyl (C=O) groups excluding carboxylic acids is 3. The normalized spacial score (nSPS) is 21.6. The fourth-order valence-corrected chi connectivity index (χ4v) is 6.12. The quantitative estimate of drug-likeness (QED) is 0.663. The third-order valence-electron chi connectivity index (χ3n) is 6.89. The monoisotopic (exact) mass is 503 g/mol. The fraction of sp³-hybridized carbons (Fsp3) is 0.478. The van der Waals surface area contributed by atoms with E-state index in [-0.39, 0.29) is 18.0 Å². The predicted octanol–water partition coefficient (Wildman–Crippen LogP) is 4.18. The summed E-state index contributed by atoms with van der Waals surface area (Å²) < 4.78 is 4.90. The number of piperidine rings is 1. The van der Waals surface area contributed by atoms with Crippen LogP contribution < -0.4 is 10.2 Å². The van der Waals surface area contributed by atoms with Gasteiger partial charge in [-0.25, -0.2) is 14.6 Å². The summed E-state index contributed by atoms with van der Waals surface area (Å²) >= 11 is 7.48. The Balaban J connectivity index is 1.34. The van der Waals surface area contributed by atoms with Crippen LogP contribution in [0.4, 0.5) is 20.4 Å². The van der Waals surface area contributed by atoms with Crippen molar-refractivity contribution in [3.63, 3.8) is 0 Å². The van der Waals surface area contributed by atoms with Gasteiger partial charge in [0.2, 0.25) is 0 Å². The first-order valence-electron chi connectivity index (χ1n) is 11.4. The van der Waals surface area contributed by atoms with Crippen LogP contribution in [-0.2, 0) is 10.2 Å². The molecule has 1 spiro atoms. The third-order valence-corrected chi connectivity index (χ3v) is 8.02. The molecule has 1 aromatic carbocycles. The van der Waals surface area contributed by atoms with Crippen molar-refractivity contribution < 1.29 is 19.1 Å². The van der Waals surface area contributed by atoms with E-state index in [1.54, 1.807) is 15.9 Å². The van der Waals surface area contributed by atoms with E-state index in [4.69, 9.17) is 16.3 Å². The van der Waals surface area contributed by atoms with Crippen LogP contribution in [0.1, 0.15) is 40.9 Å². The lowest BCUT2D eigenvalue weighted by atomic mass is 9.81. The zero-order valence-electron chi connectivity index (χ0n) is 18.9. The number of aromatic nitrogens is 1. The number of hydrogen-bond donors (Lipinski definition) is 1. The van der Waals surface area contributed by atoms with Crippen molar-refractivity contribution in [2.75, 3.05) is 50.1 Å². The minimum atomic E-state index is -0.413. The van der Waals surface area contributed by atoms with Crippen LogP contribution in [0.15, 0.2) is 24.4 Å². The number of urea groups is 1. The van der Waals surface area contributed by atoms with Crippen molar-refractivity contribution >= 4 is 51.8 Å². The van der Waals surface area contributed by atoms with Gasteiger partial charge in [-0.3, -0.25) is 15.0 Å². The maximum absolute atomic E-state index is 13.3. The number of carbonyl (C=O) groups is 3. The second-order valence-electron chi connectivity index (χ2n) is 8.98. The summed E-state index contributed by atoms with van der Waals surface area (Å²) in [6.45, 7) is 2.92. The summed E-state index contributed by atoms with van der Waals surface area (Å²) in [5.41, 5.74) is 1.29. The number of nitrogens with one attached hydrogen (secondary N) is 1. The number of hydrogen-bond acceptors (Lipinski definition) is 6. The number of likely N-dealkylation sites (tertiary alicyclic amines) is 2. The molecule has 0 bridgehead atoms. The van der Waals surface area contributed by atoms with Gasteiger partial charge in [0.1, 0.15) is 4.88 Å². The van der Waals surface area contributed by atoms with Crippen LogP contribution in [0.5, 0.6) is 0 Å². The van der Waals surface area contributed by atoms with Gasteiger partial charge < -0.3 is 14.5 Å². The van der Waals surface area contributed by atoms with Gasteiger partial charge >= 0.3 is 12.1 Å². The van der Waals surface area contributed by atoms with Gasteiger partial charge in [0.15, 0.2) is 5.13 Å². The third kappa shape index (κ3) is 4.09. The molecular weight excluding hydrogens is 478 g/mol. The molecule has 180 valence electrons. The number of amides is 4. The highest BCUT2D eigenvalue weighted by molar-refractivity contribution is 7.17. The average Bonchev–Trinajstić information content (AvgIpc) is 3.57. The van der Waals surface area contributed by atoms with Crippen molar-refractivity contribution in [1.29, 1.82) is 0 Å². The molecule has 2 aromatic rings. The van der Waals surface area contributed by atoms with E-state index >= 15 is 0 Å². The summed E-state index contributed by atoms with van der Waals surface area (Å²) in [6.07, 6.45) is 5.03. The zero-order valence-corrected chi connectivity index (χ0v) is 20.5. The van der Waals surface area contributed by atoms with Gasteiger partial charge in [-0.2, -0.15) is 0 Å². The Hall–Kier alpha value is -2.85. The molecule has 3 aliphatic rings. The molecule has 11 heteroatoms. The van der Waals surface area contributed by atoms with Gasteiger partial charge in [0.05, 0.1) is 13.3 Å². The Morgan fingerprint density at radius 3 is 2.68 bits per heavy atom. The molecule has 1 aromatic heterocycles. The van der Waals surface area contributed by atoms with Crippen LogP contribution in [0.3, 0.4) is 0 Å². The number of benzene rings is 1. The number of halogens is 1. The highest BCUT2D eigenvalue weighted by Crippen LogP contribution is 2.47. The average molecular weight is 504 g/mol. The van der Waals surface area contributed by atoms with Crippen LogP contribution >= 0.6 is 22.9 Å². The van der Waals surface area contributed by atoms with E-state index < -0.39 is 5.41 Å². The maximum Gasteiger partial charge on any atom is 0.409 e. The van der Waals surface area contributed by atoms with Gasteiger partial charge in [0, 0.05) is 48.8 Å². The van der Waals surface area contributed by atoms with Crippen LogP contribution in [-0.4, -0.2) is 72.6 Å². The van der Waals surface area contributed by atoms with Gasteiger partial charge in [0.25, 0.3) is 5.91 Å². The molecule has 1 N–H and O–H groups in total. The minimum Gasteiger partial charge on any atom is -0.453 e. The molecule has 9 nitrogen and oxygen atoms in total. The Morgan fingerprint density at radius 2 is 1.91 bits per heavy atom. The molecule has 5 rings (SSSR count). The van der Waals surface area contributed by atoms with Gasteiger partial charge in [-0.1, -0.05) is 22.9 Å². The Bertz CT molecular complexity index is 1130. The lowest BCUT2D eigenvalue weighted by molar-refractivity contribution is 0.0729. The number of anilines is 2. The first-order chi connectivity index (χ1) is 16.4. The molecule has 0 saturated carbocycles. The van der Waals surface area contributed by atoms with E-state index in [0.717, 1.165) is 43.6 Å². The van der Waals surface area contributed by atoms with Crippen LogP contribution in [0.2, 0.25) is 5.02 Å². The van der Waals surface area contributed by atoms with Crippen LogP contribution in [0.25, 0.3) is 0 Å². The molecule has 1 atom stereocenters. The molecule has 34 heavy (non-hydrogen) atoms. The number of ether oxygens (including phenoxy) is 1. The standard InChI is InChI=1S/C23H26ClN5O4S/c1-33-22(32)28-10-7-23(13-28)14-29(17-6-5-15(24)11-16(17)23)21(31)26-20-25-12-18(34-20)19(30)27-8-3-2-4-9-27/h5-6,11-12H,2-4,7-10,13-14H2,1H3,(H,25,26,31). The second-order valence-corrected chi connectivity index (χ2v) is 10.4. The topological polar surface area (TPSA) is 95.1 Å². The molecule has 4 amide bonds. The number of methoxy groups -OCH3 is 1. The molecular formula is C23H26ClN5O4S. The van der Waals surface area contributed by atoms with E-state index in [1.807, 2.05) is 17.0 Å². The highest BCUT2D eigenvalue weighted by Gasteiger charge is 2.50. The summed E-state index contributed by atoms with van der Waals surface area (Å²) in [7, 11) is 1.37. The van der Waals surface area contributed by atoms with Crippen molar-refractivity contribution in [3.8, 4) is 0 Å². The highest BCUT2D eigenvalue weighted by atomic mass is 35.5. The number of nitrogens with zero attached hydrogens (tertiary/aromatic N) is 4. The Morgan fingerprint density at radius 1 is 1.12 bits per heavy atom. The van der Waals surface area contributed by atoms with Crippen molar-refractivity contribution in [3.05, 3.63) is 39.9 Å². The van der Waals surface area contributed by atoms with E-state index in [2.05, 4.69) is 10.3 Å². The summed E-state index contributed by atoms with van der Waals surface area (Å²) in [5.74, 6) is -0.0355. The number of thiazole rings is 1. The largest absolute Gasteiger partial charge is 0.453 e. The van der Waals surface area contributed by atoms with Crippen LogP contribution in [0, 0.1) is 0 Å². The summed E-state index contributed by atoms with van der Waals surface area (Å²) in [4.78, 5) is 48.1. The molecule has 2 saturated heterocycles. The van der Waals surface area contributed by atoms with E-state index in [9.17, 15) is 14.4 Å². The van der Waals surface area contributed by atoms with Crippen molar-refractivity contribution in [2.45, 2.75) is 31.1 Å². The minimum absolute atomic E-state index is 0.0355. The molecule has 3 aliphatic heterocycles. The smallest absolute Gasteiger partial charge is 0.409 e. The Labute approximate surface area is 206 Å². The molecule has 1 unspecified atom stereocenters. The summed E-state index contributed by atoms with van der Waals surface area (Å²) in [6, 6.07) is 5.14. The maximum atomic E-state index is 13.3. The summed E-state index contributed by atoms with van der Waals surface area (Å²) in [5, 5.41) is 3.81. The number of fused-ring (bicyclic) bond motifs is 2. The van der Waals surface area contributed by atoms with E-state index in [0.29, 0.717) is 41.1 Å².